The summed E-state index contributed by atoms with van der Waals surface area (Å²) in [6.07, 6.45) is 7.22. The first-order chi connectivity index (χ1) is 15.0. The van der Waals surface area contributed by atoms with Crippen LogP contribution in [0.1, 0.15) is 63.4 Å². The van der Waals surface area contributed by atoms with Crippen molar-refractivity contribution in [3.63, 3.8) is 0 Å². The molecule has 0 bridgehead atoms. The molecule has 3 amide bonds. The second kappa shape index (κ2) is 9.26. The predicted octanol–water partition coefficient (Wildman–Crippen LogP) is 3.62. The predicted molar refractivity (Wildman–Crippen MR) is 116 cm³/mol. The number of hydrogen-bond donors (Lipinski definition) is 4. The monoisotopic (exact) mass is 429 g/mol. The van der Waals surface area contributed by atoms with Crippen LogP contribution in [0.5, 0.6) is 0 Å². The van der Waals surface area contributed by atoms with Crippen LogP contribution >= 0.6 is 0 Å². The summed E-state index contributed by atoms with van der Waals surface area (Å²) in [6, 6.07) is 4.67. The molecular formula is C23H31N3O5. The van der Waals surface area contributed by atoms with E-state index in [4.69, 9.17) is 4.74 Å². The molecule has 2 aliphatic heterocycles. The van der Waals surface area contributed by atoms with E-state index < -0.39 is 17.6 Å². The number of carboxylic acid groups (broad SMARTS) is 1. The fraction of sp³-hybridized carbons (Fsp3) is 0.609. The molecule has 1 spiro atoms. The Hall–Kier alpha value is -2.61. The van der Waals surface area contributed by atoms with Crippen molar-refractivity contribution in [3.05, 3.63) is 23.8 Å². The van der Waals surface area contributed by atoms with E-state index in [1.807, 2.05) is 6.07 Å². The number of carbonyl (C=O) groups excluding carboxylic acids is 2. The molecule has 8 nitrogen and oxygen atoms in total. The molecule has 8 heteroatoms. The van der Waals surface area contributed by atoms with Gasteiger partial charge in [-0.15, -0.1) is 0 Å². The molecule has 4 rings (SSSR count). The smallest absolute Gasteiger partial charge is 0.405 e. The normalized spacial score (nSPS) is 22.0. The Kier molecular flexibility index (Phi) is 6.46. The fourth-order valence-corrected chi connectivity index (χ4v) is 5.29. The van der Waals surface area contributed by atoms with Crippen molar-refractivity contribution in [2.45, 2.75) is 69.2 Å². The van der Waals surface area contributed by atoms with E-state index in [0.29, 0.717) is 37.4 Å². The molecule has 2 fully saturated rings. The van der Waals surface area contributed by atoms with Crippen LogP contribution in [-0.4, -0.2) is 42.3 Å². The lowest BCUT2D eigenvalue weighted by Crippen LogP contribution is -2.48. The summed E-state index contributed by atoms with van der Waals surface area (Å²) in [5.41, 5.74) is 1.65. The number of fused-ring (bicyclic) bond motifs is 2. The molecule has 1 aromatic rings. The first-order valence-corrected chi connectivity index (χ1v) is 11.3. The maximum Gasteiger partial charge on any atom is 0.405 e. The highest BCUT2D eigenvalue weighted by atomic mass is 16.5. The summed E-state index contributed by atoms with van der Waals surface area (Å²) in [5, 5.41) is 17.6. The van der Waals surface area contributed by atoms with E-state index in [1.165, 1.54) is 6.42 Å². The number of carbonyl (C=O) groups is 3. The fourth-order valence-electron chi connectivity index (χ4n) is 5.29. The van der Waals surface area contributed by atoms with E-state index in [2.05, 4.69) is 16.0 Å². The van der Waals surface area contributed by atoms with Crippen LogP contribution in [0.15, 0.2) is 18.2 Å². The third kappa shape index (κ3) is 4.54. The molecule has 31 heavy (non-hydrogen) atoms. The Bertz CT molecular complexity index is 842. The first-order valence-electron chi connectivity index (χ1n) is 11.3. The van der Waals surface area contributed by atoms with E-state index in [0.717, 1.165) is 44.1 Å². The standard InChI is InChI=1S/C23H31N3O5/c27-20(19(26-22(29)30)15-6-4-2-1-3-5-7-15)24-16-8-9-17-18(14-16)25-21(28)23(17)10-12-31-13-11-23/h8-9,14-15,19,26H,1-7,10-13H2,(H,24,27)(H,25,28)(H,29,30). The molecule has 1 atom stereocenters. The molecule has 0 radical (unpaired) electrons. The summed E-state index contributed by atoms with van der Waals surface area (Å²) < 4.78 is 5.44. The summed E-state index contributed by atoms with van der Waals surface area (Å²) in [7, 11) is 0. The van der Waals surface area contributed by atoms with Crippen molar-refractivity contribution < 1.29 is 24.2 Å². The van der Waals surface area contributed by atoms with Gasteiger partial charge in [0.05, 0.1) is 5.41 Å². The molecule has 168 valence electrons. The van der Waals surface area contributed by atoms with Crippen molar-refractivity contribution in [1.82, 2.24) is 5.32 Å². The third-order valence-electron chi connectivity index (χ3n) is 7.01. The van der Waals surface area contributed by atoms with Crippen LogP contribution in [0.2, 0.25) is 0 Å². The molecule has 2 heterocycles. The second-order valence-electron chi connectivity index (χ2n) is 8.93. The Morgan fingerprint density at radius 2 is 1.77 bits per heavy atom. The summed E-state index contributed by atoms with van der Waals surface area (Å²) in [4.78, 5) is 37.1. The SMILES string of the molecule is O=C(O)NC(C(=O)Nc1ccc2c(c1)NC(=O)C21CCOCC1)C1CCCCCCC1. The largest absolute Gasteiger partial charge is 0.465 e. The minimum Gasteiger partial charge on any atom is -0.465 e. The van der Waals surface area contributed by atoms with E-state index in [1.54, 1.807) is 12.1 Å². The van der Waals surface area contributed by atoms with Gasteiger partial charge in [0, 0.05) is 24.6 Å². The maximum atomic E-state index is 13.1. The molecule has 3 aliphatic rings. The van der Waals surface area contributed by atoms with Crippen LogP contribution in [0.25, 0.3) is 0 Å². The quantitative estimate of drug-likeness (QED) is 0.583. The third-order valence-corrected chi connectivity index (χ3v) is 7.01. The number of benzene rings is 1. The number of ether oxygens (including phenoxy) is 1. The van der Waals surface area contributed by atoms with E-state index in [-0.39, 0.29) is 17.7 Å². The zero-order valence-electron chi connectivity index (χ0n) is 17.7. The number of rotatable bonds is 4. The first kappa shape index (κ1) is 21.6. The number of nitrogens with one attached hydrogen (secondary N) is 3. The molecule has 4 N–H and O–H groups in total. The average molecular weight is 430 g/mol. The topological polar surface area (TPSA) is 117 Å². The van der Waals surface area contributed by atoms with E-state index >= 15 is 0 Å². The van der Waals surface area contributed by atoms with Gasteiger partial charge in [-0.2, -0.15) is 0 Å². The Labute approximate surface area is 182 Å². The minimum atomic E-state index is -1.19. The number of anilines is 2. The Morgan fingerprint density at radius 1 is 1.10 bits per heavy atom. The van der Waals surface area contributed by atoms with Crippen molar-refractivity contribution >= 4 is 29.3 Å². The summed E-state index contributed by atoms with van der Waals surface area (Å²) in [6.45, 7) is 1.10. The van der Waals surface area contributed by atoms with Crippen molar-refractivity contribution in [3.8, 4) is 0 Å². The van der Waals surface area contributed by atoms with Crippen LogP contribution in [-0.2, 0) is 19.7 Å². The maximum absolute atomic E-state index is 13.1. The Morgan fingerprint density at radius 3 is 2.45 bits per heavy atom. The highest BCUT2D eigenvalue weighted by Crippen LogP contribution is 2.45. The Balaban J connectivity index is 1.51. The van der Waals surface area contributed by atoms with Gasteiger partial charge < -0.3 is 25.8 Å². The second-order valence-corrected chi connectivity index (χ2v) is 8.93. The van der Waals surface area contributed by atoms with Gasteiger partial charge in [-0.25, -0.2) is 4.79 Å². The zero-order chi connectivity index (χ0) is 21.8. The molecule has 1 aromatic carbocycles. The van der Waals surface area contributed by atoms with Gasteiger partial charge in [-0.1, -0.05) is 38.2 Å². The molecule has 0 aromatic heterocycles. The van der Waals surface area contributed by atoms with Gasteiger partial charge in [0.2, 0.25) is 11.8 Å². The summed E-state index contributed by atoms with van der Waals surface area (Å²) in [5.74, 6) is -0.386. The molecule has 1 unspecified atom stereocenters. The van der Waals surface area contributed by atoms with Crippen molar-refractivity contribution in [2.24, 2.45) is 5.92 Å². The van der Waals surface area contributed by atoms with Crippen LogP contribution in [0.3, 0.4) is 0 Å². The lowest BCUT2D eigenvalue weighted by Gasteiger charge is -2.31. The van der Waals surface area contributed by atoms with E-state index in [9.17, 15) is 19.5 Å². The highest BCUT2D eigenvalue weighted by molar-refractivity contribution is 6.07. The van der Waals surface area contributed by atoms with Gasteiger partial charge in [0.15, 0.2) is 0 Å². The van der Waals surface area contributed by atoms with Crippen molar-refractivity contribution in [1.29, 1.82) is 0 Å². The lowest BCUT2D eigenvalue weighted by molar-refractivity contribution is -0.124. The molecule has 1 aliphatic carbocycles. The molecule has 1 saturated carbocycles. The minimum absolute atomic E-state index is 0.0176. The zero-order valence-corrected chi connectivity index (χ0v) is 17.7. The highest BCUT2D eigenvalue weighted by Gasteiger charge is 2.47. The molecular weight excluding hydrogens is 398 g/mol. The lowest BCUT2D eigenvalue weighted by atomic mass is 9.75. The molecule has 1 saturated heterocycles. The van der Waals surface area contributed by atoms with Gasteiger partial charge in [-0.3, -0.25) is 9.59 Å². The van der Waals surface area contributed by atoms with Crippen LogP contribution < -0.4 is 16.0 Å². The number of amides is 3. The summed E-state index contributed by atoms with van der Waals surface area (Å²) >= 11 is 0. The van der Waals surface area contributed by atoms with Crippen LogP contribution in [0.4, 0.5) is 16.2 Å². The van der Waals surface area contributed by atoms with Crippen LogP contribution in [0, 0.1) is 5.92 Å². The average Bonchev–Trinajstić information content (AvgIpc) is 2.97. The van der Waals surface area contributed by atoms with Gasteiger partial charge in [0.25, 0.3) is 0 Å². The van der Waals surface area contributed by atoms with Gasteiger partial charge in [-0.05, 0) is 49.3 Å². The van der Waals surface area contributed by atoms with Gasteiger partial charge >= 0.3 is 6.09 Å². The van der Waals surface area contributed by atoms with Crippen molar-refractivity contribution in [2.75, 3.05) is 23.8 Å². The van der Waals surface area contributed by atoms with Gasteiger partial charge in [0.1, 0.15) is 6.04 Å². The number of hydrogen-bond acceptors (Lipinski definition) is 4.